The highest BCUT2D eigenvalue weighted by Crippen LogP contribution is 2.10. The van der Waals surface area contributed by atoms with Crippen molar-refractivity contribution in [3.8, 4) is 0 Å². The van der Waals surface area contributed by atoms with Gasteiger partial charge in [0, 0.05) is 8.07 Å². The van der Waals surface area contributed by atoms with Gasteiger partial charge in [-0.05, 0) is 32.7 Å². The van der Waals surface area contributed by atoms with Gasteiger partial charge in [0.2, 0.25) is 0 Å². The number of hydrogen-bond donors (Lipinski definition) is 1. The van der Waals surface area contributed by atoms with Crippen LogP contribution in [0.3, 0.4) is 0 Å². The van der Waals surface area contributed by atoms with E-state index < -0.39 is 25.0 Å². The van der Waals surface area contributed by atoms with Gasteiger partial charge in [-0.3, -0.25) is 0 Å². The van der Waals surface area contributed by atoms with Crippen molar-refractivity contribution in [3.63, 3.8) is 0 Å². The molecule has 0 aliphatic rings. The predicted octanol–water partition coefficient (Wildman–Crippen LogP) is 3.49. The molecule has 0 unspecified atom stereocenters. The van der Waals surface area contributed by atoms with E-state index in [1.165, 1.54) is 0 Å². The van der Waals surface area contributed by atoms with Crippen LogP contribution in [-0.2, 0) is 4.12 Å². The standard InChI is InChI=1S/C5H16O2Si2.C4H12Si/c1-8(2,3)7-9(4,5)6;1-5(2,3)4/h6H,1-5H3;1-4H3. The second-order valence-corrected chi connectivity index (χ2v) is 20.6. The summed E-state index contributed by atoms with van der Waals surface area (Å²) in [7, 11) is -4.32. The molecule has 0 heterocycles. The summed E-state index contributed by atoms with van der Waals surface area (Å²) in [4.78, 5) is 9.30. The average Bonchev–Trinajstić information content (AvgIpc) is 1.42. The van der Waals surface area contributed by atoms with Crippen LogP contribution in [0.1, 0.15) is 0 Å². The van der Waals surface area contributed by atoms with Gasteiger partial charge in [-0.2, -0.15) is 0 Å². The molecule has 0 saturated carbocycles. The lowest BCUT2D eigenvalue weighted by atomic mass is 11.8. The molecule has 0 aromatic rings. The molecule has 0 radical (unpaired) electrons. The Labute approximate surface area is 93.1 Å². The van der Waals surface area contributed by atoms with E-state index in [4.69, 9.17) is 4.12 Å². The summed E-state index contributed by atoms with van der Waals surface area (Å²) >= 11 is 0. The van der Waals surface area contributed by atoms with Crippen molar-refractivity contribution in [1.29, 1.82) is 0 Å². The van der Waals surface area contributed by atoms with E-state index in [2.05, 4.69) is 45.8 Å². The SMILES string of the molecule is C[Si](C)(C)C.C[Si](C)(C)O[Si](C)(C)O. The Bertz CT molecular complexity index is 133. The summed E-state index contributed by atoms with van der Waals surface area (Å²) in [6.07, 6.45) is 0. The Hall–Kier alpha value is 0.571. The van der Waals surface area contributed by atoms with Crippen molar-refractivity contribution in [2.24, 2.45) is 0 Å². The van der Waals surface area contributed by atoms with Crippen LogP contribution < -0.4 is 0 Å². The third-order valence-corrected chi connectivity index (χ3v) is 5.00. The zero-order valence-corrected chi connectivity index (χ0v) is 14.4. The second-order valence-electron chi connectivity index (χ2n) is 6.66. The molecule has 88 valence electrons. The molecule has 0 aliphatic heterocycles. The normalized spacial score (nSPS) is 13.3. The largest absolute Gasteiger partial charge is 0.436 e. The van der Waals surface area contributed by atoms with Crippen LogP contribution in [-0.4, -0.2) is 29.7 Å². The fourth-order valence-electron chi connectivity index (χ4n) is 0.749. The molecular weight excluding hydrogens is 224 g/mol. The molecule has 2 nitrogen and oxygen atoms in total. The van der Waals surface area contributed by atoms with Gasteiger partial charge in [-0.25, -0.2) is 0 Å². The molecule has 14 heavy (non-hydrogen) atoms. The summed E-state index contributed by atoms with van der Waals surface area (Å²) in [5, 5.41) is 0. The summed E-state index contributed by atoms with van der Waals surface area (Å²) in [6, 6.07) is 0. The number of rotatable bonds is 2. The first-order valence-electron chi connectivity index (χ1n) is 5.13. The molecule has 0 aliphatic carbocycles. The molecule has 0 fully saturated rings. The molecule has 0 aromatic heterocycles. The van der Waals surface area contributed by atoms with Gasteiger partial charge >= 0.3 is 8.56 Å². The molecule has 0 spiro atoms. The summed E-state index contributed by atoms with van der Waals surface area (Å²) in [6.45, 7) is 19.1. The predicted molar refractivity (Wildman–Crippen MR) is 73.3 cm³/mol. The molecule has 0 rings (SSSR count). The molecule has 0 amide bonds. The molecule has 1 N–H and O–H groups in total. The van der Waals surface area contributed by atoms with Crippen LogP contribution in [0.2, 0.25) is 58.9 Å². The van der Waals surface area contributed by atoms with E-state index in [-0.39, 0.29) is 0 Å². The highest BCUT2D eigenvalue weighted by Gasteiger charge is 2.27. The first-order valence-corrected chi connectivity index (χ1v) is 15.4. The summed E-state index contributed by atoms with van der Waals surface area (Å²) in [5.74, 6) is 0. The van der Waals surface area contributed by atoms with Crippen LogP contribution >= 0.6 is 0 Å². The van der Waals surface area contributed by atoms with Crippen molar-refractivity contribution < 1.29 is 8.91 Å². The Morgan fingerprint density at radius 1 is 0.714 bits per heavy atom. The third-order valence-electron chi connectivity index (χ3n) is 0.556. The monoisotopic (exact) mass is 252 g/mol. The molecule has 0 saturated heterocycles. The highest BCUT2D eigenvalue weighted by atomic mass is 28.4. The maximum atomic E-state index is 9.30. The Morgan fingerprint density at radius 2 is 0.929 bits per heavy atom. The topological polar surface area (TPSA) is 29.5 Å². The minimum atomic E-state index is -2.23. The van der Waals surface area contributed by atoms with Crippen molar-refractivity contribution in [1.82, 2.24) is 0 Å². The van der Waals surface area contributed by atoms with E-state index in [1.807, 2.05) is 0 Å². The van der Waals surface area contributed by atoms with Crippen LogP contribution in [0.15, 0.2) is 0 Å². The van der Waals surface area contributed by atoms with Gasteiger partial charge in [-0.15, -0.1) is 0 Å². The lowest BCUT2D eigenvalue weighted by molar-refractivity contribution is 0.389. The molecule has 0 bridgehead atoms. The minimum absolute atomic E-state index is 0.611. The lowest BCUT2D eigenvalue weighted by Gasteiger charge is -2.25. The number of hydrogen-bond acceptors (Lipinski definition) is 2. The highest BCUT2D eigenvalue weighted by molar-refractivity contribution is 6.80. The molecule has 0 atom stereocenters. The Balaban J connectivity index is 0. The maximum absolute atomic E-state index is 9.30. The minimum Gasteiger partial charge on any atom is -0.436 e. The fourth-order valence-corrected chi connectivity index (χ4v) is 6.74. The van der Waals surface area contributed by atoms with Gasteiger partial charge in [0.25, 0.3) is 0 Å². The maximum Gasteiger partial charge on any atom is 0.318 e. The van der Waals surface area contributed by atoms with E-state index in [9.17, 15) is 4.80 Å². The van der Waals surface area contributed by atoms with Gasteiger partial charge in [0.1, 0.15) is 0 Å². The first kappa shape index (κ1) is 17.0. The van der Waals surface area contributed by atoms with Crippen LogP contribution in [0, 0.1) is 0 Å². The van der Waals surface area contributed by atoms with Gasteiger partial charge in [0.05, 0.1) is 0 Å². The lowest BCUT2D eigenvalue weighted by Crippen LogP contribution is -2.42. The third kappa shape index (κ3) is 39.0. The van der Waals surface area contributed by atoms with Crippen molar-refractivity contribution in [2.45, 2.75) is 58.9 Å². The quantitative estimate of drug-likeness (QED) is 0.763. The van der Waals surface area contributed by atoms with Crippen LogP contribution in [0.4, 0.5) is 0 Å². The van der Waals surface area contributed by atoms with Crippen molar-refractivity contribution in [2.75, 3.05) is 0 Å². The molecule has 5 heteroatoms. The van der Waals surface area contributed by atoms with Crippen LogP contribution in [0.25, 0.3) is 0 Å². The van der Waals surface area contributed by atoms with Crippen molar-refractivity contribution in [3.05, 3.63) is 0 Å². The fraction of sp³-hybridized carbons (Fsp3) is 1.00. The Kier molecular flexibility index (Phi) is 6.79. The van der Waals surface area contributed by atoms with E-state index >= 15 is 0 Å². The van der Waals surface area contributed by atoms with E-state index in [0.29, 0.717) is 0 Å². The van der Waals surface area contributed by atoms with Gasteiger partial charge in [-0.1, -0.05) is 26.2 Å². The van der Waals surface area contributed by atoms with Gasteiger partial charge < -0.3 is 8.91 Å². The van der Waals surface area contributed by atoms with E-state index in [1.54, 1.807) is 13.1 Å². The zero-order valence-electron chi connectivity index (χ0n) is 11.4. The zero-order chi connectivity index (χ0) is 12.2. The first-order chi connectivity index (χ1) is 5.71. The second kappa shape index (κ2) is 5.60. The Morgan fingerprint density at radius 3 is 0.929 bits per heavy atom. The average molecular weight is 253 g/mol. The summed E-state index contributed by atoms with van der Waals surface area (Å²) in [5.41, 5.74) is 0. The summed E-state index contributed by atoms with van der Waals surface area (Å²) < 4.78 is 5.46. The van der Waals surface area contributed by atoms with E-state index in [0.717, 1.165) is 0 Å². The molecule has 0 aromatic carbocycles. The van der Waals surface area contributed by atoms with Crippen LogP contribution in [0.5, 0.6) is 0 Å². The van der Waals surface area contributed by atoms with Crippen molar-refractivity contribution >= 4 is 25.0 Å². The molecular formula is C9H28O2Si3. The smallest absolute Gasteiger partial charge is 0.318 e. The van der Waals surface area contributed by atoms with Gasteiger partial charge in [0.15, 0.2) is 8.32 Å².